The summed E-state index contributed by atoms with van der Waals surface area (Å²) in [5.74, 6) is -1.72. The molecule has 33 heavy (non-hydrogen) atoms. The van der Waals surface area contributed by atoms with Gasteiger partial charge in [-0.1, -0.05) is 17.7 Å². The molecule has 0 saturated carbocycles. The lowest BCUT2D eigenvalue weighted by molar-refractivity contribution is -0.384. The molecule has 3 aromatic carbocycles. The Morgan fingerprint density at radius 2 is 1.76 bits per heavy atom. The molecule has 0 bridgehead atoms. The number of nitro groups is 1. The number of carbonyl (C=O) groups excluding carboxylic acids is 2. The zero-order chi connectivity index (χ0) is 23.7. The number of nitro benzene ring substituents is 1. The van der Waals surface area contributed by atoms with Crippen LogP contribution in [0.4, 0.5) is 21.5 Å². The lowest BCUT2D eigenvalue weighted by Gasteiger charge is -2.16. The number of amides is 2. The Morgan fingerprint density at radius 3 is 2.39 bits per heavy atom. The van der Waals surface area contributed by atoms with Crippen LogP contribution >= 0.6 is 11.6 Å². The van der Waals surface area contributed by atoms with Crippen LogP contribution in [-0.2, 0) is 9.59 Å². The van der Waals surface area contributed by atoms with Gasteiger partial charge in [0.05, 0.1) is 29.0 Å². The molecule has 0 atom stereocenters. The first-order chi connectivity index (χ1) is 15.8. The topological polar surface area (TPSA) is 102 Å². The Morgan fingerprint density at radius 1 is 1.03 bits per heavy atom. The summed E-state index contributed by atoms with van der Waals surface area (Å²) in [5, 5.41) is 14.3. The molecule has 0 unspecified atom stereocenters. The fourth-order valence-corrected chi connectivity index (χ4v) is 3.60. The summed E-state index contributed by atoms with van der Waals surface area (Å²) in [7, 11) is 1.43. The van der Waals surface area contributed by atoms with Gasteiger partial charge in [-0.2, -0.15) is 0 Å². The van der Waals surface area contributed by atoms with Gasteiger partial charge in [-0.05, 0) is 54.1 Å². The Balaban J connectivity index is 1.86. The number of hydrogen-bond acceptors (Lipinski definition) is 6. The lowest BCUT2D eigenvalue weighted by Crippen LogP contribution is -2.32. The van der Waals surface area contributed by atoms with Crippen LogP contribution in [0.3, 0.4) is 0 Å². The number of methoxy groups -OCH3 is 1. The van der Waals surface area contributed by atoms with Crippen molar-refractivity contribution in [3.8, 4) is 5.75 Å². The second-order valence-corrected chi connectivity index (χ2v) is 7.39. The van der Waals surface area contributed by atoms with Crippen molar-refractivity contribution in [2.24, 2.45) is 0 Å². The molecule has 1 aliphatic rings. The van der Waals surface area contributed by atoms with Gasteiger partial charge in [-0.15, -0.1) is 0 Å². The van der Waals surface area contributed by atoms with E-state index in [2.05, 4.69) is 5.32 Å². The second kappa shape index (κ2) is 8.71. The summed E-state index contributed by atoms with van der Waals surface area (Å²) in [4.78, 5) is 38.0. The van der Waals surface area contributed by atoms with Crippen molar-refractivity contribution in [2.45, 2.75) is 0 Å². The second-order valence-electron chi connectivity index (χ2n) is 6.95. The molecule has 0 fully saturated rings. The van der Waals surface area contributed by atoms with E-state index < -0.39 is 22.6 Å². The van der Waals surface area contributed by atoms with E-state index >= 15 is 0 Å². The molecule has 1 aliphatic heterocycles. The quantitative estimate of drug-likeness (QED) is 0.317. The Kier molecular flexibility index (Phi) is 5.80. The standard InChI is InChI=1S/C23H15ClFN3O5/c1-33-19-10-7-14(24)11-18(19)26-21-20(13-5-8-16(9-6-13)28(31)32)22(29)27(23(21)30)17-4-2-3-15(25)12-17/h2-12,26H,1H3. The zero-order valence-electron chi connectivity index (χ0n) is 17.0. The maximum Gasteiger partial charge on any atom is 0.282 e. The smallest absolute Gasteiger partial charge is 0.282 e. The first-order valence-corrected chi connectivity index (χ1v) is 9.92. The van der Waals surface area contributed by atoms with Crippen LogP contribution in [0, 0.1) is 15.9 Å². The largest absolute Gasteiger partial charge is 0.495 e. The molecule has 4 rings (SSSR count). The summed E-state index contributed by atoms with van der Waals surface area (Å²) in [5.41, 5.74) is 0.297. The highest BCUT2D eigenvalue weighted by molar-refractivity contribution is 6.46. The van der Waals surface area contributed by atoms with Crippen LogP contribution in [0.2, 0.25) is 5.02 Å². The van der Waals surface area contributed by atoms with Gasteiger partial charge in [-0.3, -0.25) is 19.7 Å². The Labute approximate surface area is 192 Å². The number of ether oxygens (including phenoxy) is 1. The van der Waals surface area contributed by atoms with Crippen LogP contribution in [0.25, 0.3) is 5.57 Å². The van der Waals surface area contributed by atoms with Crippen LogP contribution in [0.5, 0.6) is 5.75 Å². The molecule has 0 radical (unpaired) electrons. The van der Waals surface area contributed by atoms with Crippen molar-refractivity contribution in [1.82, 2.24) is 0 Å². The lowest BCUT2D eigenvalue weighted by atomic mass is 10.0. The van der Waals surface area contributed by atoms with Crippen molar-refractivity contribution in [3.05, 3.63) is 98.9 Å². The Hall–Kier alpha value is -4.24. The molecule has 3 aromatic rings. The molecule has 0 saturated heterocycles. The van der Waals surface area contributed by atoms with E-state index in [1.807, 2.05) is 0 Å². The molecule has 0 aliphatic carbocycles. The molecule has 8 nitrogen and oxygen atoms in total. The molecule has 0 spiro atoms. The maximum atomic E-state index is 13.8. The van der Waals surface area contributed by atoms with E-state index in [1.165, 1.54) is 55.6 Å². The predicted octanol–water partition coefficient (Wildman–Crippen LogP) is 4.79. The number of non-ortho nitro benzene ring substituents is 1. The van der Waals surface area contributed by atoms with Gasteiger partial charge < -0.3 is 10.1 Å². The van der Waals surface area contributed by atoms with Crippen molar-refractivity contribution in [2.75, 3.05) is 17.3 Å². The summed E-state index contributed by atoms with van der Waals surface area (Å²) in [6.45, 7) is 0. The first kappa shape index (κ1) is 22.0. The molecule has 166 valence electrons. The zero-order valence-corrected chi connectivity index (χ0v) is 17.8. The van der Waals surface area contributed by atoms with Gasteiger partial charge in [0.2, 0.25) is 0 Å². The third-order valence-corrected chi connectivity index (χ3v) is 5.17. The van der Waals surface area contributed by atoms with Crippen molar-refractivity contribution >= 4 is 46.1 Å². The summed E-state index contributed by atoms with van der Waals surface area (Å²) in [6.07, 6.45) is 0. The van der Waals surface area contributed by atoms with Crippen LogP contribution in [0.1, 0.15) is 5.56 Å². The highest BCUT2D eigenvalue weighted by Gasteiger charge is 2.40. The Bertz CT molecular complexity index is 1320. The van der Waals surface area contributed by atoms with E-state index in [-0.39, 0.29) is 28.2 Å². The first-order valence-electron chi connectivity index (χ1n) is 9.54. The maximum absolute atomic E-state index is 13.8. The minimum atomic E-state index is -0.735. The highest BCUT2D eigenvalue weighted by atomic mass is 35.5. The summed E-state index contributed by atoms with van der Waals surface area (Å²) < 4.78 is 19.1. The van der Waals surface area contributed by atoms with Gasteiger partial charge in [0.25, 0.3) is 17.5 Å². The van der Waals surface area contributed by atoms with Crippen LogP contribution in [0.15, 0.2) is 72.4 Å². The number of hydrogen-bond donors (Lipinski definition) is 1. The monoisotopic (exact) mass is 467 g/mol. The van der Waals surface area contributed by atoms with Crippen LogP contribution in [-0.4, -0.2) is 23.8 Å². The number of halogens is 2. The predicted molar refractivity (Wildman–Crippen MR) is 121 cm³/mol. The number of nitrogens with one attached hydrogen (secondary N) is 1. The normalized spacial score (nSPS) is 13.5. The van der Waals surface area contributed by atoms with Gasteiger partial charge >= 0.3 is 0 Å². The molecule has 2 amide bonds. The van der Waals surface area contributed by atoms with E-state index in [0.29, 0.717) is 16.5 Å². The average molecular weight is 468 g/mol. The van der Waals surface area contributed by atoms with Crippen molar-refractivity contribution < 1.29 is 23.6 Å². The third kappa shape index (κ3) is 4.13. The SMILES string of the molecule is COc1ccc(Cl)cc1NC1=C(c2ccc([N+](=O)[O-])cc2)C(=O)N(c2cccc(F)c2)C1=O. The number of nitrogens with zero attached hydrogens (tertiary/aromatic N) is 2. The molecule has 10 heteroatoms. The highest BCUT2D eigenvalue weighted by Crippen LogP contribution is 2.37. The molecule has 1 heterocycles. The molecule has 0 aromatic heterocycles. The van der Waals surface area contributed by atoms with Crippen molar-refractivity contribution in [3.63, 3.8) is 0 Å². The summed E-state index contributed by atoms with van der Waals surface area (Å²) in [6, 6.07) is 14.9. The van der Waals surface area contributed by atoms with Gasteiger partial charge in [0.1, 0.15) is 17.3 Å². The third-order valence-electron chi connectivity index (χ3n) is 4.94. The van der Waals surface area contributed by atoms with Gasteiger partial charge in [-0.25, -0.2) is 9.29 Å². The number of rotatable bonds is 6. The molecular formula is C23H15ClFN3O5. The summed E-state index contributed by atoms with van der Waals surface area (Å²) >= 11 is 6.09. The fraction of sp³-hybridized carbons (Fsp3) is 0.0435. The number of imide groups is 1. The average Bonchev–Trinajstić information content (AvgIpc) is 3.03. The van der Waals surface area contributed by atoms with Crippen LogP contribution < -0.4 is 15.0 Å². The van der Waals surface area contributed by atoms with E-state index in [0.717, 1.165) is 11.0 Å². The van der Waals surface area contributed by atoms with E-state index in [9.17, 15) is 24.1 Å². The molecule has 1 N–H and O–H groups in total. The number of benzene rings is 3. The number of anilines is 2. The molecular weight excluding hydrogens is 453 g/mol. The fourth-order valence-electron chi connectivity index (χ4n) is 3.43. The van der Waals surface area contributed by atoms with Crippen molar-refractivity contribution in [1.29, 1.82) is 0 Å². The minimum absolute atomic E-state index is 0.0406. The van der Waals surface area contributed by atoms with E-state index in [4.69, 9.17) is 16.3 Å². The minimum Gasteiger partial charge on any atom is -0.495 e. The number of carbonyl (C=O) groups is 2. The van der Waals surface area contributed by atoms with Gasteiger partial charge in [0, 0.05) is 17.2 Å². The van der Waals surface area contributed by atoms with Gasteiger partial charge in [0.15, 0.2) is 0 Å². The van der Waals surface area contributed by atoms with E-state index in [1.54, 1.807) is 12.1 Å².